The quantitative estimate of drug-likeness (QED) is 0.822. The Labute approximate surface area is 149 Å². The van der Waals surface area contributed by atoms with Gasteiger partial charge in [-0.2, -0.15) is 0 Å². The third-order valence-electron chi connectivity index (χ3n) is 4.89. The van der Waals surface area contributed by atoms with Crippen LogP contribution in [-0.4, -0.2) is 47.4 Å². The zero-order valence-electron chi connectivity index (χ0n) is 14.8. The number of nitrogen functional groups attached to an aromatic ring is 1. The van der Waals surface area contributed by atoms with E-state index < -0.39 is 0 Å². The summed E-state index contributed by atoms with van der Waals surface area (Å²) in [5.74, 6) is 0.109. The maximum absolute atomic E-state index is 12.8. The number of anilines is 1. The molecule has 1 saturated heterocycles. The molecule has 1 aliphatic heterocycles. The summed E-state index contributed by atoms with van der Waals surface area (Å²) in [5, 5.41) is 0. The summed E-state index contributed by atoms with van der Waals surface area (Å²) in [6.07, 6.45) is 6.50. The Morgan fingerprint density at radius 3 is 2.60 bits per heavy atom. The summed E-state index contributed by atoms with van der Waals surface area (Å²) in [4.78, 5) is 21.4. The van der Waals surface area contributed by atoms with Crippen LogP contribution in [0.15, 0.2) is 48.8 Å². The molecule has 2 aromatic rings. The number of pyridine rings is 1. The molecular formula is C20H26N4O. The van der Waals surface area contributed by atoms with Crippen LogP contribution in [0.1, 0.15) is 30.0 Å². The van der Waals surface area contributed by atoms with E-state index in [-0.39, 0.29) is 11.9 Å². The Kier molecular flexibility index (Phi) is 5.66. The highest BCUT2D eigenvalue weighted by Gasteiger charge is 2.25. The van der Waals surface area contributed by atoms with Gasteiger partial charge in [-0.1, -0.05) is 18.2 Å². The minimum absolute atomic E-state index is 0.0214. The molecule has 132 valence electrons. The molecule has 0 spiro atoms. The molecule has 25 heavy (non-hydrogen) atoms. The van der Waals surface area contributed by atoms with E-state index in [1.54, 1.807) is 6.20 Å². The van der Waals surface area contributed by atoms with Gasteiger partial charge in [0.2, 0.25) is 5.91 Å². The van der Waals surface area contributed by atoms with Crippen LogP contribution >= 0.6 is 0 Å². The molecular weight excluding hydrogens is 312 g/mol. The molecule has 5 nitrogen and oxygen atoms in total. The zero-order valence-corrected chi connectivity index (χ0v) is 14.8. The van der Waals surface area contributed by atoms with Crippen molar-refractivity contribution in [2.45, 2.75) is 25.3 Å². The number of hydrogen-bond acceptors (Lipinski definition) is 4. The van der Waals surface area contributed by atoms with Crippen molar-refractivity contribution in [3.8, 4) is 0 Å². The maximum Gasteiger partial charge on any atom is 0.227 e. The number of carbonyl (C=O) groups is 1. The summed E-state index contributed by atoms with van der Waals surface area (Å²) < 4.78 is 0. The number of rotatable bonds is 6. The number of likely N-dealkylation sites (N-methyl/N-ethyl adjacent to an activating group) is 1. The van der Waals surface area contributed by atoms with Gasteiger partial charge in [0.05, 0.1) is 12.5 Å². The normalized spacial score (nSPS) is 15.9. The first-order chi connectivity index (χ1) is 12.1. The molecule has 1 unspecified atom stereocenters. The fourth-order valence-corrected chi connectivity index (χ4v) is 3.34. The number of benzene rings is 1. The first-order valence-corrected chi connectivity index (χ1v) is 8.86. The van der Waals surface area contributed by atoms with E-state index in [1.807, 2.05) is 48.5 Å². The number of amides is 1. The molecule has 1 atom stereocenters. The molecule has 1 amide bonds. The van der Waals surface area contributed by atoms with Gasteiger partial charge in [-0.15, -0.1) is 0 Å². The van der Waals surface area contributed by atoms with Crippen LogP contribution < -0.4 is 5.73 Å². The average Bonchev–Trinajstić information content (AvgIpc) is 3.15. The molecule has 1 aromatic carbocycles. The first-order valence-electron chi connectivity index (χ1n) is 8.86. The van der Waals surface area contributed by atoms with E-state index >= 15 is 0 Å². The predicted molar refractivity (Wildman–Crippen MR) is 100.0 cm³/mol. The molecule has 1 aliphatic rings. The van der Waals surface area contributed by atoms with Crippen LogP contribution in [0, 0.1) is 0 Å². The van der Waals surface area contributed by atoms with Crippen molar-refractivity contribution >= 4 is 11.6 Å². The molecule has 3 rings (SSSR count). The average molecular weight is 338 g/mol. The molecule has 0 radical (unpaired) electrons. The van der Waals surface area contributed by atoms with Crippen molar-refractivity contribution in [3.05, 3.63) is 59.9 Å². The number of aromatic nitrogens is 1. The topological polar surface area (TPSA) is 62.5 Å². The van der Waals surface area contributed by atoms with Gasteiger partial charge in [-0.3, -0.25) is 9.78 Å². The third kappa shape index (κ3) is 4.57. The van der Waals surface area contributed by atoms with Gasteiger partial charge in [0.25, 0.3) is 0 Å². The lowest BCUT2D eigenvalue weighted by Crippen LogP contribution is -2.39. The van der Waals surface area contributed by atoms with E-state index in [0.29, 0.717) is 12.1 Å². The largest absolute Gasteiger partial charge is 0.399 e. The van der Waals surface area contributed by atoms with Crippen LogP contribution in [0.2, 0.25) is 0 Å². The minimum Gasteiger partial charge on any atom is -0.399 e. The van der Waals surface area contributed by atoms with Gasteiger partial charge in [0.15, 0.2) is 0 Å². The van der Waals surface area contributed by atoms with Crippen molar-refractivity contribution in [2.24, 2.45) is 0 Å². The van der Waals surface area contributed by atoms with Crippen molar-refractivity contribution < 1.29 is 4.79 Å². The number of hydrogen-bond donors (Lipinski definition) is 1. The van der Waals surface area contributed by atoms with E-state index in [1.165, 1.54) is 12.8 Å². The summed E-state index contributed by atoms with van der Waals surface area (Å²) in [6.45, 7) is 3.07. The number of nitrogens with two attached hydrogens (primary N) is 1. The van der Waals surface area contributed by atoms with E-state index in [9.17, 15) is 4.79 Å². The molecule has 0 bridgehead atoms. The van der Waals surface area contributed by atoms with Crippen molar-refractivity contribution in [1.29, 1.82) is 0 Å². The van der Waals surface area contributed by atoms with Crippen LogP contribution in [0.4, 0.5) is 5.69 Å². The number of carbonyl (C=O) groups excluding carboxylic acids is 1. The highest BCUT2D eigenvalue weighted by Crippen LogP contribution is 2.23. The fraction of sp³-hybridized carbons (Fsp3) is 0.400. The lowest BCUT2D eigenvalue weighted by Gasteiger charge is -2.32. The van der Waals surface area contributed by atoms with E-state index in [0.717, 1.165) is 30.8 Å². The van der Waals surface area contributed by atoms with Crippen LogP contribution in [-0.2, 0) is 11.2 Å². The maximum atomic E-state index is 12.8. The second kappa shape index (κ2) is 8.12. The molecule has 0 aliphatic carbocycles. The highest BCUT2D eigenvalue weighted by molar-refractivity contribution is 5.79. The Morgan fingerprint density at radius 1 is 1.24 bits per heavy atom. The molecule has 1 fully saturated rings. The zero-order chi connectivity index (χ0) is 17.6. The Bertz CT molecular complexity index is 681. The Hall–Kier alpha value is -2.40. The molecule has 5 heteroatoms. The third-order valence-corrected chi connectivity index (χ3v) is 4.89. The Morgan fingerprint density at radius 2 is 1.96 bits per heavy atom. The van der Waals surface area contributed by atoms with Gasteiger partial charge in [-0.25, -0.2) is 0 Å². The first kappa shape index (κ1) is 17.4. The smallest absolute Gasteiger partial charge is 0.227 e. The van der Waals surface area contributed by atoms with Gasteiger partial charge in [-0.05, 0) is 55.3 Å². The monoisotopic (exact) mass is 338 g/mol. The molecule has 0 saturated carbocycles. The van der Waals surface area contributed by atoms with E-state index in [4.69, 9.17) is 5.73 Å². The predicted octanol–water partition coefficient (Wildman–Crippen LogP) is 2.50. The van der Waals surface area contributed by atoms with E-state index in [2.05, 4.69) is 16.0 Å². The minimum atomic E-state index is 0.0214. The summed E-state index contributed by atoms with van der Waals surface area (Å²) in [7, 11) is 1.90. The van der Waals surface area contributed by atoms with Crippen LogP contribution in [0.3, 0.4) is 0 Å². The second-order valence-electron chi connectivity index (χ2n) is 6.73. The van der Waals surface area contributed by atoms with Crippen molar-refractivity contribution in [2.75, 3.05) is 32.4 Å². The summed E-state index contributed by atoms with van der Waals surface area (Å²) in [5.41, 5.74) is 8.51. The molecule has 1 aromatic heterocycles. The van der Waals surface area contributed by atoms with Gasteiger partial charge < -0.3 is 15.5 Å². The number of likely N-dealkylation sites (tertiary alicyclic amines) is 1. The fourth-order valence-electron chi connectivity index (χ4n) is 3.34. The lowest BCUT2D eigenvalue weighted by atomic mass is 10.1. The van der Waals surface area contributed by atoms with Crippen LogP contribution in [0.5, 0.6) is 0 Å². The Balaban J connectivity index is 1.74. The van der Waals surface area contributed by atoms with Crippen molar-refractivity contribution in [3.63, 3.8) is 0 Å². The standard InChI is InChI=1S/C20H26N4O/c1-23(20(25)13-16-6-8-18(21)9-7-16)19(15-24-11-2-3-12-24)17-5-4-10-22-14-17/h4-10,14,19H,2-3,11-13,15,21H2,1H3. The lowest BCUT2D eigenvalue weighted by molar-refractivity contribution is -0.131. The van der Waals surface area contributed by atoms with Gasteiger partial charge in [0.1, 0.15) is 0 Å². The summed E-state index contributed by atoms with van der Waals surface area (Å²) in [6, 6.07) is 11.5. The molecule has 2 heterocycles. The number of nitrogens with zero attached hydrogens (tertiary/aromatic N) is 3. The highest BCUT2D eigenvalue weighted by atomic mass is 16.2. The SMILES string of the molecule is CN(C(=O)Cc1ccc(N)cc1)C(CN1CCCC1)c1cccnc1. The van der Waals surface area contributed by atoms with Crippen molar-refractivity contribution in [1.82, 2.24) is 14.8 Å². The van der Waals surface area contributed by atoms with Gasteiger partial charge in [0, 0.05) is 31.7 Å². The molecule has 2 N–H and O–H groups in total. The van der Waals surface area contributed by atoms with Crippen LogP contribution in [0.25, 0.3) is 0 Å². The second-order valence-corrected chi connectivity index (χ2v) is 6.73. The summed E-state index contributed by atoms with van der Waals surface area (Å²) >= 11 is 0. The van der Waals surface area contributed by atoms with Gasteiger partial charge >= 0.3 is 0 Å².